The van der Waals surface area contributed by atoms with Crippen molar-refractivity contribution in [3.63, 3.8) is 0 Å². The molecular formula is C33H41N5O6. The molecule has 4 amide bonds. The number of urea groups is 1. The van der Waals surface area contributed by atoms with Gasteiger partial charge in [0.2, 0.25) is 0 Å². The number of hydrogen-bond donors (Lipinski definition) is 2. The molecule has 0 radical (unpaired) electrons. The Hall–Kier alpha value is -4.80. The van der Waals surface area contributed by atoms with Gasteiger partial charge in [-0.25, -0.2) is 9.59 Å². The molecule has 11 heteroatoms. The number of aryl methyl sites for hydroxylation is 1. The molecule has 2 N–H and O–H groups in total. The van der Waals surface area contributed by atoms with E-state index in [1.165, 1.54) is 4.90 Å². The molecule has 44 heavy (non-hydrogen) atoms. The molecule has 0 aliphatic carbocycles. The predicted octanol–water partition coefficient (Wildman–Crippen LogP) is 4.63. The highest BCUT2D eigenvalue weighted by Gasteiger charge is 2.37. The van der Waals surface area contributed by atoms with Crippen molar-refractivity contribution in [2.24, 2.45) is 0 Å². The first-order valence-corrected chi connectivity index (χ1v) is 14.9. The molecule has 3 aromatic rings. The molecule has 1 aliphatic rings. The normalized spacial score (nSPS) is 14.8. The van der Waals surface area contributed by atoms with Crippen molar-refractivity contribution in [3.8, 4) is 16.9 Å². The number of nitrogens with zero attached hydrogens (tertiary/aromatic N) is 4. The van der Waals surface area contributed by atoms with E-state index in [-0.39, 0.29) is 57.7 Å². The molecular weight excluding hydrogens is 562 g/mol. The fraction of sp³-hybridized carbons (Fsp3) is 0.394. The van der Waals surface area contributed by atoms with Crippen molar-refractivity contribution < 1.29 is 29.0 Å². The first kappa shape index (κ1) is 32.1. The molecule has 0 unspecified atom stereocenters. The van der Waals surface area contributed by atoms with Crippen LogP contribution < -0.4 is 5.32 Å². The van der Waals surface area contributed by atoms with E-state index in [1.807, 2.05) is 87.5 Å². The number of nitrogens with one attached hydrogen (secondary N) is 1. The molecule has 1 fully saturated rings. The van der Waals surface area contributed by atoms with Gasteiger partial charge in [-0.15, -0.1) is 0 Å². The van der Waals surface area contributed by atoms with E-state index in [4.69, 9.17) is 4.74 Å². The molecule has 1 aromatic heterocycles. The maximum atomic E-state index is 14.5. The van der Waals surface area contributed by atoms with Crippen LogP contribution in [0.2, 0.25) is 0 Å². The summed E-state index contributed by atoms with van der Waals surface area (Å²) in [7, 11) is 0. The predicted molar refractivity (Wildman–Crippen MR) is 167 cm³/mol. The lowest BCUT2D eigenvalue weighted by Gasteiger charge is -2.43. The number of carbonyl (C=O) groups excluding carboxylic acids is 3. The number of amides is 4. The third kappa shape index (κ3) is 7.39. The van der Waals surface area contributed by atoms with Crippen LogP contribution in [-0.4, -0.2) is 99.8 Å². The maximum Gasteiger partial charge on any atom is 0.407 e. The highest BCUT2D eigenvalue weighted by molar-refractivity contribution is 6.01. The summed E-state index contributed by atoms with van der Waals surface area (Å²) in [6.45, 7) is 8.24. The average Bonchev–Trinajstić information content (AvgIpc) is 3.37. The summed E-state index contributed by atoms with van der Waals surface area (Å²) in [5.41, 5.74) is 3.92. The Labute approximate surface area is 258 Å². The molecule has 0 spiro atoms. The van der Waals surface area contributed by atoms with Crippen LogP contribution in [0, 0.1) is 6.92 Å². The lowest BCUT2D eigenvalue weighted by atomic mass is 10.0. The molecule has 1 aliphatic heterocycles. The monoisotopic (exact) mass is 603 g/mol. The van der Waals surface area contributed by atoms with Gasteiger partial charge in [0.25, 0.3) is 5.91 Å². The van der Waals surface area contributed by atoms with Crippen molar-refractivity contribution in [3.05, 3.63) is 78.0 Å². The summed E-state index contributed by atoms with van der Waals surface area (Å²) in [4.78, 5) is 56.0. The summed E-state index contributed by atoms with van der Waals surface area (Å²) in [5.74, 6) is -0.639. The van der Waals surface area contributed by atoms with Gasteiger partial charge < -0.3 is 34.4 Å². The zero-order valence-electron chi connectivity index (χ0n) is 25.7. The van der Waals surface area contributed by atoms with Crippen molar-refractivity contribution in [1.29, 1.82) is 0 Å². The zero-order chi connectivity index (χ0) is 31.8. The number of benzene rings is 2. The third-order valence-corrected chi connectivity index (χ3v) is 7.69. The van der Waals surface area contributed by atoms with Gasteiger partial charge >= 0.3 is 18.1 Å². The minimum atomic E-state index is -1.08. The topological polar surface area (TPSA) is 124 Å². The minimum Gasteiger partial charge on any atom is -0.466 e. The molecule has 0 saturated carbocycles. The van der Waals surface area contributed by atoms with Crippen molar-refractivity contribution in [2.45, 2.75) is 46.2 Å². The quantitative estimate of drug-likeness (QED) is 0.326. The van der Waals surface area contributed by atoms with Gasteiger partial charge in [0.1, 0.15) is 0 Å². The van der Waals surface area contributed by atoms with Crippen LogP contribution in [0.4, 0.5) is 9.59 Å². The molecule has 2 aromatic carbocycles. The van der Waals surface area contributed by atoms with Crippen LogP contribution in [0.1, 0.15) is 43.2 Å². The van der Waals surface area contributed by atoms with Crippen LogP contribution in [-0.2, 0) is 9.53 Å². The number of carboxylic acid groups (broad SMARTS) is 1. The molecule has 0 bridgehead atoms. The zero-order valence-corrected chi connectivity index (χ0v) is 25.7. The number of para-hydroxylation sites is 1. The molecule has 11 nitrogen and oxygen atoms in total. The Balaban J connectivity index is 1.67. The summed E-state index contributed by atoms with van der Waals surface area (Å²) in [6, 6.07) is 20.1. The SMILES string of the molecule is CCOC(=O)CCNC(=O)N(C[C@@H]1CN(C(=O)O)CCN1C(=O)c1cc(C)n(-c2ccccc2)c1-c1ccccc1)C(C)C. The third-order valence-electron chi connectivity index (χ3n) is 7.69. The highest BCUT2D eigenvalue weighted by atomic mass is 16.5. The van der Waals surface area contributed by atoms with E-state index in [0.29, 0.717) is 5.56 Å². The first-order chi connectivity index (χ1) is 21.1. The summed E-state index contributed by atoms with van der Waals surface area (Å²) < 4.78 is 7.00. The summed E-state index contributed by atoms with van der Waals surface area (Å²) in [6.07, 6.45) is -1.04. The van der Waals surface area contributed by atoms with Gasteiger partial charge in [-0.1, -0.05) is 48.5 Å². The van der Waals surface area contributed by atoms with Crippen molar-refractivity contribution in [2.75, 3.05) is 39.3 Å². The highest BCUT2D eigenvalue weighted by Crippen LogP contribution is 2.32. The number of aromatic nitrogens is 1. The smallest absolute Gasteiger partial charge is 0.407 e. The minimum absolute atomic E-state index is 0.0341. The number of carbonyl (C=O) groups is 4. The second-order valence-corrected chi connectivity index (χ2v) is 11.0. The number of ether oxygens (including phenoxy) is 1. The average molecular weight is 604 g/mol. The van der Waals surface area contributed by atoms with E-state index >= 15 is 0 Å². The van der Waals surface area contributed by atoms with E-state index in [1.54, 1.807) is 16.7 Å². The molecule has 4 rings (SSSR count). The molecule has 2 heterocycles. The largest absolute Gasteiger partial charge is 0.466 e. The maximum absolute atomic E-state index is 14.5. The summed E-state index contributed by atoms with van der Waals surface area (Å²) in [5, 5.41) is 12.6. The number of esters is 1. The lowest BCUT2D eigenvalue weighted by molar-refractivity contribution is -0.142. The fourth-order valence-electron chi connectivity index (χ4n) is 5.56. The van der Waals surface area contributed by atoms with Gasteiger partial charge in [0.05, 0.1) is 30.3 Å². The van der Waals surface area contributed by atoms with E-state index in [0.717, 1.165) is 22.6 Å². The Morgan fingerprint density at radius 3 is 2.30 bits per heavy atom. The van der Waals surface area contributed by atoms with Crippen molar-refractivity contribution >= 4 is 24.0 Å². The van der Waals surface area contributed by atoms with Gasteiger partial charge in [-0.2, -0.15) is 0 Å². The van der Waals surface area contributed by atoms with Crippen LogP contribution in [0.3, 0.4) is 0 Å². The van der Waals surface area contributed by atoms with Gasteiger partial charge in [-0.05, 0) is 51.5 Å². The Kier molecular flexibility index (Phi) is 10.6. The summed E-state index contributed by atoms with van der Waals surface area (Å²) >= 11 is 0. The lowest BCUT2D eigenvalue weighted by Crippen LogP contribution is -2.61. The second-order valence-electron chi connectivity index (χ2n) is 11.0. The van der Waals surface area contributed by atoms with Crippen LogP contribution in [0.5, 0.6) is 0 Å². The first-order valence-electron chi connectivity index (χ1n) is 14.9. The number of piperazine rings is 1. The van der Waals surface area contributed by atoms with Crippen LogP contribution >= 0.6 is 0 Å². The van der Waals surface area contributed by atoms with Gasteiger partial charge in [0, 0.05) is 50.1 Å². The van der Waals surface area contributed by atoms with Gasteiger partial charge in [0.15, 0.2) is 0 Å². The standard InChI is InChI=1S/C33H41N5O6/c1-5-44-29(39)16-17-34-32(41)37(23(2)3)22-27-21-35(33(42)43)18-19-36(27)31(40)28-20-24(4)38(26-14-10-7-11-15-26)30(28)25-12-8-6-9-13-25/h6-15,20,23,27H,5,16-19,21-22H2,1-4H3,(H,34,41)(H,42,43)/t27-/m0/s1. The fourth-order valence-corrected chi connectivity index (χ4v) is 5.56. The second kappa shape index (κ2) is 14.6. The Morgan fingerprint density at radius 1 is 1.02 bits per heavy atom. The van der Waals surface area contributed by atoms with Gasteiger partial charge in [-0.3, -0.25) is 9.59 Å². The van der Waals surface area contributed by atoms with Crippen LogP contribution in [0.25, 0.3) is 16.9 Å². The van der Waals surface area contributed by atoms with Crippen LogP contribution in [0.15, 0.2) is 66.7 Å². The number of hydrogen-bond acceptors (Lipinski definition) is 5. The van der Waals surface area contributed by atoms with E-state index in [2.05, 4.69) is 9.88 Å². The van der Waals surface area contributed by atoms with E-state index < -0.39 is 24.1 Å². The Morgan fingerprint density at radius 2 is 1.68 bits per heavy atom. The van der Waals surface area contributed by atoms with Crippen molar-refractivity contribution in [1.82, 2.24) is 24.6 Å². The molecule has 234 valence electrons. The number of rotatable bonds is 10. The Bertz CT molecular complexity index is 1460. The molecule has 1 atom stereocenters. The molecule has 1 saturated heterocycles. The van der Waals surface area contributed by atoms with E-state index in [9.17, 15) is 24.3 Å².